The van der Waals surface area contributed by atoms with Crippen LogP contribution in [0.2, 0.25) is 0 Å². The molecule has 0 bridgehead atoms. The van der Waals surface area contributed by atoms with Crippen LogP contribution in [-0.2, 0) is 16.1 Å². The minimum atomic E-state index is -0.435. The van der Waals surface area contributed by atoms with Gasteiger partial charge in [0.05, 0.1) is 12.0 Å². The molecule has 0 spiro atoms. The molecule has 4 nitrogen and oxygen atoms in total. The van der Waals surface area contributed by atoms with Gasteiger partial charge in [-0.15, -0.1) is 0 Å². The molecular weight excluding hydrogens is 252 g/mol. The Hall–Kier alpha value is -1.39. The standard InChI is InChI=1S/C16H24N2O2/c1-16(2,20-3)10-15(19)18-14-6-4-5-12(9-14)11-17-13-7-8-13/h4-6,9,13,17H,7-8,10-11H2,1-3H3,(H,18,19). The third-order valence-corrected chi connectivity index (χ3v) is 3.52. The van der Waals surface area contributed by atoms with Gasteiger partial charge in [-0.05, 0) is 44.4 Å². The second-order valence-corrected chi connectivity index (χ2v) is 6.04. The second kappa shape index (κ2) is 6.37. The average molecular weight is 276 g/mol. The van der Waals surface area contributed by atoms with Gasteiger partial charge >= 0.3 is 0 Å². The third kappa shape index (κ3) is 4.94. The Morgan fingerprint density at radius 3 is 2.80 bits per heavy atom. The smallest absolute Gasteiger partial charge is 0.227 e. The number of anilines is 1. The molecule has 2 rings (SSSR count). The number of methoxy groups -OCH3 is 1. The van der Waals surface area contributed by atoms with Gasteiger partial charge in [0.2, 0.25) is 5.91 Å². The summed E-state index contributed by atoms with van der Waals surface area (Å²) in [5, 5.41) is 6.40. The Morgan fingerprint density at radius 1 is 1.40 bits per heavy atom. The van der Waals surface area contributed by atoms with Crippen LogP contribution in [0.15, 0.2) is 24.3 Å². The molecule has 0 atom stereocenters. The number of carbonyl (C=O) groups is 1. The predicted molar refractivity (Wildman–Crippen MR) is 80.6 cm³/mol. The molecule has 4 heteroatoms. The normalized spacial score (nSPS) is 15.2. The number of hydrogen-bond donors (Lipinski definition) is 2. The van der Waals surface area contributed by atoms with Crippen molar-refractivity contribution < 1.29 is 9.53 Å². The summed E-state index contributed by atoms with van der Waals surface area (Å²) in [4.78, 5) is 12.0. The molecule has 1 aliphatic rings. The molecular formula is C16H24N2O2. The number of ether oxygens (including phenoxy) is 1. The first-order valence-electron chi connectivity index (χ1n) is 7.16. The zero-order chi connectivity index (χ0) is 14.6. The summed E-state index contributed by atoms with van der Waals surface area (Å²) in [5.41, 5.74) is 1.60. The molecule has 0 heterocycles. The summed E-state index contributed by atoms with van der Waals surface area (Å²) in [5.74, 6) is -0.0239. The number of hydrogen-bond acceptors (Lipinski definition) is 3. The van der Waals surface area contributed by atoms with Gasteiger partial charge in [-0.1, -0.05) is 12.1 Å². The van der Waals surface area contributed by atoms with E-state index < -0.39 is 5.60 Å². The van der Waals surface area contributed by atoms with Gasteiger partial charge in [0.25, 0.3) is 0 Å². The lowest BCUT2D eigenvalue weighted by Gasteiger charge is -2.22. The van der Waals surface area contributed by atoms with Gasteiger partial charge in [-0.3, -0.25) is 4.79 Å². The molecule has 0 radical (unpaired) electrons. The van der Waals surface area contributed by atoms with E-state index in [4.69, 9.17) is 4.74 Å². The van der Waals surface area contributed by atoms with Crippen molar-refractivity contribution in [2.24, 2.45) is 0 Å². The lowest BCUT2D eigenvalue weighted by atomic mass is 10.0. The van der Waals surface area contributed by atoms with E-state index in [1.165, 1.54) is 18.4 Å². The van der Waals surface area contributed by atoms with Crippen LogP contribution in [-0.4, -0.2) is 24.7 Å². The molecule has 2 N–H and O–H groups in total. The van der Waals surface area contributed by atoms with E-state index in [0.29, 0.717) is 12.5 Å². The fourth-order valence-electron chi connectivity index (χ4n) is 1.97. The molecule has 110 valence electrons. The van der Waals surface area contributed by atoms with Gasteiger partial charge in [0, 0.05) is 25.4 Å². The van der Waals surface area contributed by atoms with Gasteiger partial charge < -0.3 is 15.4 Å². The van der Waals surface area contributed by atoms with Crippen molar-refractivity contribution in [3.63, 3.8) is 0 Å². The Kier molecular flexibility index (Phi) is 4.78. The van der Waals surface area contributed by atoms with Crippen molar-refractivity contribution in [2.45, 2.75) is 51.3 Å². The maximum atomic E-state index is 12.0. The minimum absolute atomic E-state index is 0.0239. The van der Waals surface area contributed by atoms with Crippen LogP contribution in [0, 0.1) is 0 Å². The lowest BCUT2D eigenvalue weighted by molar-refractivity contribution is -0.121. The predicted octanol–water partition coefficient (Wildman–Crippen LogP) is 2.69. The molecule has 1 fully saturated rings. The Morgan fingerprint density at radius 2 is 2.15 bits per heavy atom. The van der Waals surface area contributed by atoms with Crippen LogP contribution in [0.25, 0.3) is 0 Å². The van der Waals surface area contributed by atoms with Crippen molar-refractivity contribution >= 4 is 11.6 Å². The van der Waals surface area contributed by atoms with E-state index in [2.05, 4.69) is 16.7 Å². The second-order valence-electron chi connectivity index (χ2n) is 6.04. The van der Waals surface area contributed by atoms with Crippen LogP contribution in [0.1, 0.15) is 38.7 Å². The molecule has 1 aliphatic carbocycles. The highest BCUT2D eigenvalue weighted by Crippen LogP contribution is 2.20. The highest BCUT2D eigenvalue weighted by molar-refractivity contribution is 5.91. The first-order chi connectivity index (χ1) is 9.48. The maximum Gasteiger partial charge on any atom is 0.227 e. The SMILES string of the molecule is COC(C)(C)CC(=O)Nc1cccc(CNC2CC2)c1. The third-order valence-electron chi connectivity index (χ3n) is 3.52. The first kappa shape index (κ1) is 15.0. The van der Waals surface area contributed by atoms with Crippen LogP contribution in [0.3, 0.4) is 0 Å². The summed E-state index contributed by atoms with van der Waals surface area (Å²) in [6.45, 7) is 4.67. The number of nitrogens with one attached hydrogen (secondary N) is 2. The van der Waals surface area contributed by atoms with E-state index in [1.807, 2.05) is 32.0 Å². The first-order valence-corrected chi connectivity index (χ1v) is 7.16. The highest BCUT2D eigenvalue weighted by atomic mass is 16.5. The van der Waals surface area contributed by atoms with Gasteiger partial charge in [-0.25, -0.2) is 0 Å². The van der Waals surface area contributed by atoms with E-state index >= 15 is 0 Å². The van der Waals surface area contributed by atoms with Crippen molar-refractivity contribution in [1.29, 1.82) is 0 Å². The quantitative estimate of drug-likeness (QED) is 0.805. The lowest BCUT2D eigenvalue weighted by Crippen LogP contribution is -2.29. The van der Waals surface area contributed by atoms with Gasteiger partial charge in [0.15, 0.2) is 0 Å². The zero-order valence-corrected chi connectivity index (χ0v) is 12.5. The monoisotopic (exact) mass is 276 g/mol. The summed E-state index contributed by atoms with van der Waals surface area (Å²) < 4.78 is 5.27. The molecule has 0 unspecified atom stereocenters. The van der Waals surface area contributed by atoms with Crippen molar-refractivity contribution in [3.05, 3.63) is 29.8 Å². The van der Waals surface area contributed by atoms with E-state index in [1.54, 1.807) is 7.11 Å². The number of benzene rings is 1. The number of rotatable bonds is 7. The zero-order valence-electron chi connectivity index (χ0n) is 12.5. The highest BCUT2D eigenvalue weighted by Gasteiger charge is 2.21. The van der Waals surface area contributed by atoms with Crippen molar-refractivity contribution in [3.8, 4) is 0 Å². The van der Waals surface area contributed by atoms with Crippen LogP contribution in [0.5, 0.6) is 0 Å². The molecule has 0 saturated heterocycles. The van der Waals surface area contributed by atoms with Gasteiger partial charge in [-0.2, -0.15) is 0 Å². The maximum absolute atomic E-state index is 12.0. The Labute approximate surface area is 120 Å². The molecule has 0 aromatic heterocycles. The molecule has 0 aliphatic heterocycles. The van der Waals surface area contributed by atoms with E-state index in [0.717, 1.165) is 12.2 Å². The minimum Gasteiger partial charge on any atom is -0.378 e. The fourth-order valence-corrected chi connectivity index (χ4v) is 1.97. The molecule has 1 amide bonds. The van der Waals surface area contributed by atoms with E-state index in [9.17, 15) is 4.79 Å². The van der Waals surface area contributed by atoms with Crippen molar-refractivity contribution in [1.82, 2.24) is 5.32 Å². The van der Waals surface area contributed by atoms with Crippen LogP contribution >= 0.6 is 0 Å². The van der Waals surface area contributed by atoms with Crippen LogP contribution < -0.4 is 10.6 Å². The fraction of sp³-hybridized carbons (Fsp3) is 0.562. The molecule has 1 aromatic carbocycles. The van der Waals surface area contributed by atoms with Crippen molar-refractivity contribution in [2.75, 3.05) is 12.4 Å². The largest absolute Gasteiger partial charge is 0.378 e. The number of carbonyl (C=O) groups excluding carboxylic acids is 1. The summed E-state index contributed by atoms with van der Waals surface area (Å²) in [6, 6.07) is 8.67. The molecule has 1 aromatic rings. The average Bonchev–Trinajstić information content (AvgIpc) is 3.20. The summed E-state index contributed by atoms with van der Waals surface area (Å²) in [7, 11) is 1.62. The summed E-state index contributed by atoms with van der Waals surface area (Å²) in [6.07, 6.45) is 2.90. The van der Waals surface area contributed by atoms with Crippen LogP contribution in [0.4, 0.5) is 5.69 Å². The van der Waals surface area contributed by atoms with E-state index in [-0.39, 0.29) is 5.91 Å². The topological polar surface area (TPSA) is 50.4 Å². The molecule has 20 heavy (non-hydrogen) atoms. The Bertz CT molecular complexity index is 467. The molecule has 1 saturated carbocycles. The summed E-state index contributed by atoms with van der Waals surface area (Å²) >= 11 is 0. The van der Waals surface area contributed by atoms with Gasteiger partial charge in [0.1, 0.15) is 0 Å². The Balaban J connectivity index is 1.87. The number of amides is 1.